The van der Waals surface area contributed by atoms with Crippen LogP contribution >= 0.6 is 28.1 Å². The Bertz CT molecular complexity index is 458. The molecule has 1 unspecified atom stereocenters. The molecule has 114 valence electrons. The zero-order valence-corrected chi connectivity index (χ0v) is 15.2. The Kier molecular flexibility index (Phi) is 7.12. The summed E-state index contributed by atoms with van der Waals surface area (Å²) >= 11 is 8.77. The number of thiocarbonyl (C=S) groups is 1. The van der Waals surface area contributed by atoms with E-state index >= 15 is 0 Å². The fourth-order valence-electron chi connectivity index (χ4n) is 2.16. The number of nitrogens with zero attached hydrogens (tertiary/aromatic N) is 3. The first-order valence-corrected chi connectivity index (χ1v) is 8.40. The van der Waals surface area contributed by atoms with Gasteiger partial charge >= 0.3 is 0 Å². The number of hydrogen-bond donors (Lipinski definition) is 1. The van der Waals surface area contributed by atoms with Gasteiger partial charge in [0.15, 0.2) is 0 Å². The van der Waals surface area contributed by atoms with Gasteiger partial charge in [0.1, 0.15) is 0 Å². The van der Waals surface area contributed by atoms with E-state index in [0.29, 0.717) is 4.99 Å². The molecular weight excluding hydrogens is 336 g/mol. The zero-order chi connectivity index (χ0) is 15.3. The van der Waals surface area contributed by atoms with Crippen molar-refractivity contribution in [2.75, 3.05) is 13.1 Å². The SMILES string of the molecule is CCc1nn(CC)c(CN(CC)CC(C)C(N)=S)c1Br. The first-order valence-electron chi connectivity index (χ1n) is 7.20. The highest BCUT2D eigenvalue weighted by molar-refractivity contribution is 9.10. The summed E-state index contributed by atoms with van der Waals surface area (Å²) in [4.78, 5) is 2.94. The van der Waals surface area contributed by atoms with Crippen molar-refractivity contribution in [3.05, 3.63) is 15.9 Å². The monoisotopic (exact) mass is 360 g/mol. The standard InChI is InChI=1S/C14H25BrN4S/c1-5-11-13(15)12(19(7-3)17-11)9-18(6-2)8-10(4)14(16)20/h10H,5-9H2,1-4H3,(H2,16,20). The number of aromatic nitrogens is 2. The van der Waals surface area contributed by atoms with E-state index in [1.165, 1.54) is 5.69 Å². The smallest absolute Gasteiger partial charge is 0.0768 e. The van der Waals surface area contributed by atoms with Crippen LogP contribution in [0.2, 0.25) is 0 Å². The highest BCUT2D eigenvalue weighted by atomic mass is 79.9. The van der Waals surface area contributed by atoms with Crippen LogP contribution in [0.25, 0.3) is 0 Å². The molecule has 0 amide bonds. The maximum absolute atomic E-state index is 5.72. The molecule has 1 aromatic rings. The first kappa shape index (κ1) is 17.6. The van der Waals surface area contributed by atoms with E-state index in [1.54, 1.807) is 0 Å². The summed E-state index contributed by atoms with van der Waals surface area (Å²) in [5.41, 5.74) is 8.08. The molecule has 1 aromatic heterocycles. The Morgan fingerprint density at radius 3 is 2.55 bits per heavy atom. The summed E-state index contributed by atoms with van der Waals surface area (Å²) in [5.74, 6) is 0.229. The Hall–Kier alpha value is -0.460. The third kappa shape index (κ3) is 4.27. The Morgan fingerprint density at radius 2 is 2.10 bits per heavy atom. The lowest BCUT2D eigenvalue weighted by Gasteiger charge is -2.24. The van der Waals surface area contributed by atoms with Crippen molar-refractivity contribution in [3.8, 4) is 0 Å². The van der Waals surface area contributed by atoms with E-state index in [2.05, 4.69) is 58.3 Å². The van der Waals surface area contributed by atoms with Crippen molar-refractivity contribution in [3.63, 3.8) is 0 Å². The second-order valence-electron chi connectivity index (χ2n) is 5.01. The molecule has 1 rings (SSSR count). The van der Waals surface area contributed by atoms with Crippen LogP contribution in [0.15, 0.2) is 4.47 Å². The molecule has 0 bridgehead atoms. The molecule has 2 N–H and O–H groups in total. The molecule has 0 aliphatic rings. The topological polar surface area (TPSA) is 47.1 Å². The number of rotatable bonds is 8. The van der Waals surface area contributed by atoms with Gasteiger partial charge in [0.25, 0.3) is 0 Å². The van der Waals surface area contributed by atoms with Gasteiger partial charge in [-0.15, -0.1) is 0 Å². The molecule has 20 heavy (non-hydrogen) atoms. The van der Waals surface area contributed by atoms with Crippen molar-refractivity contribution in [2.24, 2.45) is 11.7 Å². The van der Waals surface area contributed by atoms with E-state index < -0.39 is 0 Å². The maximum atomic E-state index is 5.72. The van der Waals surface area contributed by atoms with E-state index in [1.807, 2.05) is 0 Å². The van der Waals surface area contributed by atoms with Crippen LogP contribution in [-0.2, 0) is 19.5 Å². The third-order valence-electron chi connectivity index (χ3n) is 3.53. The van der Waals surface area contributed by atoms with Gasteiger partial charge in [-0.1, -0.05) is 33.0 Å². The van der Waals surface area contributed by atoms with Crippen LogP contribution < -0.4 is 5.73 Å². The second kappa shape index (κ2) is 8.10. The van der Waals surface area contributed by atoms with Crippen molar-refractivity contribution in [2.45, 2.75) is 47.2 Å². The molecule has 0 saturated heterocycles. The van der Waals surface area contributed by atoms with Gasteiger partial charge in [-0.3, -0.25) is 9.58 Å². The van der Waals surface area contributed by atoms with Gasteiger partial charge in [-0.2, -0.15) is 5.10 Å². The minimum atomic E-state index is 0.229. The van der Waals surface area contributed by atoms with Crippen LogP contribution in [0.3, 0.4) is 0 Å². The number of nitrogens with two attached hydrogens (primary N) is 1. The van der Waals surface area contributed by atoms with Crippen LogP contribution in [-0.4, -0.2) is 32.8 Å². The summed E-state index contributed by atoms with van der Waals surface area (Å²) in [6.45, 7) is 12.1. The van der Waals surface area contributed by atoms with Gasteiger partial charge in [0.2, 0.25) is 0 Å². The third-order valence-corrected chi connectivity index (χ3v) is 4.85. The molecule has 0 aliphatic carbocycles. The molecule has 1 heterocycles. The Morgan fingerprint density at radius 1 is 1.45 bits per heavy atom. The van der Waals surface area contributed by atoms with Crippen molar-refractivity contribution in [1.82, 2.24) is 14.7 Å². The first-order chi connectivity index (χ1) is 9.44. The summed E-state index contributed by atoms with van der Waals surface area (Å²) in [6, 6.07) is 0. The fraction of sp³-hybridized carbons (Fsp3) is 0.714. The average molecular weight is 361 g/mol. The normalized spacial score (nSPS) is 12.9. The second-order valence-corrected chi connectivity index (χ2v) is 6.27. The highest BCUT2D eigenvalue weighted by Gasteiger charge is 2.18. The Balaban J connectivity index is 2.89. The van der Waals surface area contributed by atoms with Gasteiger partial charge < -0.3 is 5.73 Å². The predicted octanol–water partition coefficient (Wildman–Crippen LogP) is 2.97. The minimum Gasteiger partial charge on any atom is -0.393 e. The lowest BCUT2D eigenvalue weighted by Crippen LogP contribution is -2.34. The van der Waals surface area contributed by atoms with E-state index in [-0.39, 0.29) is 5.92 Å². The van der Waals surface area contributed by atoms with Crippen molar-refractivity contribution in [1.29, 1.82) is 0 Å². The van der Waals surface area contributed by atoms with Crippen molar-refractivity contribution < 1.29 is 0 Å². The molecule has 6 heteroatoms. The maximum Gasteiger partial charge on any atom is 0.0768 e. The summed E-state index contributed by atoms with van der Waals surface area (Å²) in [5, 5.41) is 4.64. The minimum absolute atomic E-state index is 0.229. The molecule has 1 atom stereocenters. The van der Waals surface area contributed by atoms with Gasteiger partial charge in [0, 0.05) is 25.6 Å². The van der Waals surface area contributed by atoms with Gasteiger partial charge in [-0.25, -0.2) is 0 Å². The van der Waals surface area contributed by atoms with E-state index in [0.717, 1.165) is 42.8 Å². The Labute approximate surface area is 135 Å². The summed E-state index contributed by atoms with van der Waals surface area (Å²) in [7, 11) is 0. The fourth-order valence-corrected chi connectivity index (χ4v) is 2.93. The lowest BCUT2D eigenvalue weighted by atomic mass is 10.1. The number of hydrogen-bond acceptors (Lipinski definition) is 3. The van der Waals surface area contributed by atoms with Crippen molar-refractivity contribution >= 4 is 33.1 Å². The predicted molar refractivity (Wildman–Crippen MR) is 91.9 cm³/mol. The largest absolute Gasteiger partial charge is 0.393 e. The number of aryl methyl sites for hydroxylation is 2. The van der Waals surface area contributed by atoms with Crippen LogP contribution in [0.1, 0.15) is 39.1 Å². The lowest BCUT2D eigenvalue weighted by molar-refractivity contribution is 0.255. The van der Waals surface area contributed by atoms with Gasteiger partial charge in [0.05, 0.1) is 20.8 Å². The molecule has 0 fully saturated rings. The summed E-state index contributed by atoms with van der Waals surface area (Å²) < 4.78 is 3.22. The van der Waals surface area contributed by atoms with Crippen LogP contribution in [0, 0.1) is 5.92 Å². The molecule has 0 aliphatic heterocycles. The number of halogens is 1. The van der Waals surface area contributed by atoms with E-state index in [4.69, 9.17) is 18.0 Å². The van der Waals surface area contributed by atoms with Crippen LogP contribution in [0.4, 0.5) is 0 Å². The average Bonchev–Trinajstić information content (AvgIpc) is 2.73. The zero-order valence-electron chi connectivity index (χ0n) is 12.8. The quantitative estimate of drug-likeness (QED) is 0.724. The van der Waals surface area contributed by atoms with Gasteiger partial charge in [-0.05, 0) is 35.8 Å². The summed E-state index contributed by atoms with van der Waals surface area (Å²) in [6.07, 6.45) is 0.940. The van der Waals surface area contributed by atoms with Crippen LogP contribution in [0.5, 0.6) is 0 Å². The molecular formula is C14H25BrN4S. The molecule has 0 saturated carbocycles. The molecule has 0 aromatic carbocycles. The highest BCUT2D eigenvalue weighted by Crippen LogP contribution is 2.24. The molecule has 0 spiro atoms. The van der Waals surface area contributed by atoms with E-state index in [9.17, 15) is 0 Å². The molecule has 4 nitrogen and oxygen atoms in total. The molecule has 0 radical (unpaired) electrons.